The number of hydrogen-bond donors (Lipinski definition) is 2. The number of nitrogens with two attached hydrogens (primary N) is 1. The van der Waals surface area contributed by atoms with Gasteiger partial charge < -0.3 is 20.5 Å². The number of likely N-dealkylation sites (N-methyl/N-ethyl adjacent to an activating group) is 1. The molecular weight excluding hydrogens is 244 g/mol. The summed E-state index contributed by atoms with van der Waals surface area (Å²) >= 11 is 0. The van der Waals surface area contributed by atoms with Crippen molar-refractivity contribution in [3.05, 3.63) is 23.8 Å². The standard InChI is InChI=1S/C14H20N2O3/c1-14(6-3-7-16(2)9-14)19-12-5-4-10(15)8-11(12)13(17)18/h4-5,8H,3,6-7,9,15H2,1-2H3,(H,17,18). The van der Waals surface area contributed by atoms with Crippen molar-refractivity contribution in [2.75, 3.05) is 25.9 Å². The molecule has 0 saturated carbocycles. The summed E-state index contributed by atoms with van der Waals surface area (Å²) in [7, 11) is 2.04. The van der Waals surface area contributed by atoms with Crippen molar-refractivity contribution in [1.82, 2.24) is 4.90 Å². The highest BCUT2D eigenvalue weighted by Crippen LogP contribution is 2.30. The fourth-order valence-corrected chi connectivity index (χ4v) is 2.60. The Hall–Kier alpha value is -1.75. The third-order valence-electron chi connectivity index (χ3n) is 3.44. The van der Waals surface area contributed by atoms with E-state index in [0.717, 1.165) is 25.9 Å². The first kappa shape index (κ1) is 13.7. The first-order chi connectivity index (χ1) is 8.89. The monoisotopic (exact) mass is 264 g/mol. The second-order valence-electron chi connectivity index (χ2n) is 5.45. The summed E-state index contributed by atoms with van der Waals surface area (Å²) in [6.45, 7) is 3.85. The van der Waals surface area contributed by atoms with E-state index in [-0.39, 0.29) is 11.2 Å². The number of aromatic carboxylic acids is 1. The van der Waals surface area contributed by atoms with Gasteiger partial charge in [0.05, 0.1) is 0 Å². The van der Waals surface area contributed by atoms with Crippen LogP contribution in [0.15, 0.2) is 18.2 Å². The molecule has 1 atom stereocenters. The van der Waals surface area contributed by atoms with Gasteiger partial charge in [-0.15, -0.1) is 0 Å². The van der Waals surface area contributed by atoms with Gasteiger partial charge in [0.15, 0.2) is 0 Å². The van der Waals surface area contributed by atoms with Gasteiger partial charge in [-0.05, 0) is 51.6 Å². The number of hydrogen-bond acceptors (Lipinski definition) is 4. The Morgan fingerprint density at radius 1 is 1.53 bits per heavy atom. The Labute approximate surface area is 113 Å². The predicted octanol–water partition coefficient (Wildman–Crippen LogP) is 1.83. The van der Waals surface area contributed by atoms with Crippen LogP contribution in [-0.4, -0.2) is 41.7 Å². The number of piperidine rings is 1. The van der Waals surface area contributed by atoms with E-state index in [0.29, 0.717) is 11.4 Å². The van der Waals surface area contributed by atoms with E-state index in [1.165, 1.54) is 6.07 Å². The minimum absolute atomic E-state index is 0.120. The van der Waals surface area contributed by atoms with Crippen LogP contribution < -0.4 is 10.5 Å². The molecule has 1 fully saturated rings. The zero-order chi connectivity index (χ0) is 14.0. The molecule has 1 aromatic carbocycles. The Bertz CT molecular complexity index is 490. The maximum Gasteiger partial charge on any atom is 0.339 e. The smallest absolute Gasteiger partial charge is 0.339 e. The molecule has 104 valence electrons. The third-order valence-corrected chi connectivity index (χ3v) is 3.44. The molecule has 1 unspecified atom stereocenters. The largest absolute Gasteiger partial charge is 0.485 e. The normalized spacial score (nSPS) is 24.1. The van der Waals surface area contributed by atoms with Crippen LogP contribution in [0.3, 0.4) is 0 Å². The summed E-state index contributed by atoms with van der Waals surface area (Å²) in [4.78, 5) is 13.4. The molecule has 0 amide bonds. The molecule has 1 aliphatic heterocycles. The van der Waals surface area contributed by atoms with E-state index < -0.39 is 5.97 Å². The van der Waals surface area contributed by atoms with Crippen LogP contribution in [0.2, 0.25) is 0 Å². The first-order valence-electron chi connectivity index (χ1n) is 6.40. The number of nitrogen functional groups attached to an aromatic ring is 1. The molecule has 0 aliphatic carbocycles. The molecule has 0 radical (unpaired) electrons. The number of likely N-dealkylation sites (tertiary alicyclic amines) is 1. The van der Waals surface area contributed by atoms with E-state index in [2.05, 4.69) is 4.90 Å². The number of carboxylic acid groups (broad SMARTS) is 1. The van der Waals surface area contributed by atoms with Gasteiger partial charge in [-0.1, -0.05) is 0 Å². The van der Waals surface area contributed by atoms with E-state index >= 15 is 0 Å². The fourth-order valence-electron chi connectivity index (χ4n) is 2.60. The van der Waals surface area contributed by atoms with Gasteiger partial charge in [0.1, 0.15) is 16.9 Å². The SMILES string of the molecule is CN1CCCC(C)(Oc2ccc(N)cc2C(=O)O)C1. The van der Waals surface area contributed by atoms with Crippen molar-refractivity contribution in [3.63, 3.8) is 0 Å². The molecular formula is C14H20N2O3. The molecule has 0 aromatic heterocycles. The Morgan fingerprint density at radius 3 is 2.89 bits per heavy atom. The topological polar surface area (TPSA) is 75.8 Å². The zero-order valence-electron chi connectivity index (χ0n) is 11.3. The highest BCUT2D eigenvalue weighted by molar-refractivity contribution is 5.92. The lowest BCUT2D eigenvalue weighted by atomic mass is 9.95. The van der Waals surface area contributed by atoms with Gasteiger partial charge in [0.25, 0.3) is 0 Å². The van der Waals surface area contributed by atoms with Gasteiger partial charge >= 0.3 is 5.97 Å². The average molecular weight is 264 g/mol. The highest BCUT2D eigenvalue weighted by atomic mass is 16.5. The Balaban J connectivity index is 2.25. The van der Waals surface area contributed by atoms with E-state index in [1.54, 1.807) is 12.1 Å². The Kier molecular flexibility index (Phi) is 3.66. The van der Waals surface area contributed by atoms with Crippen LogP contribution >= 0.6 is 0 Å². The average Bonchev–Trinajstić information content (AvgIpc) is 2.30. The summed E-state index contributed by atoms with van der Waals surface area (Å²) in [5.41, 5.74) is 5.82. The van der Waals surface area contributed by atoms with Crippen LogP contribution in [0, 0.1) is 0 Å². The Morgan fingerprint density at radius 2 is 2.26 bits per heavy atom. The van der Waals surface area contributed by atoms with Crippen LogP contribution in [0.5, 0.6) is 5.75 Å². The van der Waals surface area contributed by atoms with E-state index in [4.69, 9.17) is 10.5 Å². The molecule has 0 spiro atoms. The van der Waals surface area contributed by atoms with E-state index in [9.17, 15) is 9.90 Å². The third kappa shape index (κ3) is 3.17. The van der Waals surface area contributed by atoms with Crippen molar-refractivity contribution in [2.45, 2.75) is 25.4 Å². The summed E-state index contributed by atoms with van der Waals surface area (Å²) in [5, 5.41) is 9.21. The van der Waals surface area contributed by atoms with Gasteiger partial charge in [0, 0.05) is 12.2 Å². The van der Waals surface area contributed by atoms with Crippen LogP contribution in [-0.2, 0) is 0 Å². The molecule has 1 aliphatic rings. The molecule has 3 N–H and O–H groups in total. The highest BCUT2D eigenvalue weighted by Gasteiger charge is 2.32. The molecule has 2 rings (SSSR count). The maximum absolute atomic E-state index is 11.2. The number of ether oxygens (including phenoxy) is 1. The zero-order valence-corrected chi connectivity index (χ0v) is 11.3. The van der Waals surface area contributed by atoms with Gasteiger partial charge in [-0.3, -0.25) is 0 Å². The van der Waals surface area contributed by atoms with Crippen LogP contribution in [0.25, 0.3) is 0 Å². The van der Waals surface area contributed by atoms with Crippen molar-refractivity contribution in [2.24, 2.45) is 0 Å². The molecule has 0 bridgehead atoms. The first-order valence-corrected chi connectivity index (χ1v) is 6.40. The second-order valence-corrected chi connectivity index (χ2v) is 5.45. The van der Waals surface area contributed by atoms with Gasteiger partial charge in [-0.25, -0.2) is 4.79 Å². The van der Waals surface area contributed by atoms with Crippen LogP contribution in [0.4, 0.5) is 5.69 Å². The van der Waals surface area contributed by atoms with E-state index in [1.807, 2.05) is 14.0 Å². The molecule has 19 heavy (non-hydrogen) atoms. The maximum atomic E-state index is 11.2. The lowest BCUT2D eigenvalue weighted by Crippen LogP contribution is -2.48. The number of carboxylic acids is 1. The van der Waals surface area contributed by atoms with Gasteiger partial charge in [-0.2, -0.15) is 0 Å². The van der Waals surface area contributed by atoms with Crippen molar-refractivity contribution >= 4 is 11.7 Å². The molecule has 5 heteroatoms. The lowest BCUT2D eigenvalue weighted by molar-refractivity contribution is 0.0144. The number of carbonyl (C=O) groups is 1. The van der Waals surface area contributed by atoms with Crippen molar-refractivity contribution in [3.8, 4) is 5.75 Å². The quantitative estimate of drug-likeness (QED) is 0.815. The fraction of sp³-hybridized carbons (Fsp3) is 0.500. The number of anilines is 1. The molecule has 1 aromatic rings. The molecule has 1 saturated heterocycles. The van der Waals surface area contributed by atoms with Crippen molar-refractivity contribution in [1.29, 1.82) is 0 Å². The summed E-state index contributed by atoms with van der Waals surface area (Å²) in [6, 6.07) is 4.74. The lowest BCUT2D eigenvalue weighted by Gasteiger charge is -2.39. The summed E-state index contributed by atoms with van der Waals surface area (Å²) < 4.78 is 5.98. The second kappa shape index (κ2) is 5.09. The predicted molar refractivity (Wildman–Crippen MR) is 73.6 cm³/mol. The minimum atomic E-state index is -1.02. The number of nitrogens with zero attached hydrogens (tertiary/aromatic N) is 1. The molecule has 5 nitrogen and oxygen atoms in total. The minimum Gasteiger partial charge on any atom is -0.485 e. The number of benzene rings is 1. The molecule has 1 heterocycles. The summed E-state index contributed by atoms with van der Waals surface area (Å²) in [5.74, 6) is -0.630. The summed E-state index contributed by atoms with van der Waals surface area (Å²) in [6.07, 6.45) is 1.96. The van der Waals surface area contributed by atoms with Gasteiger partial charge in [0.2, 0.25) is 0 Å². The van der Waals surface area contributed by atoms with Crippen LogP contribution in [0.1, 0.15) is 30.1 Å². The van der Waals surface area contributed by atoms with Crippen molar-refractivity contribution < 1.29 is 14.6 Å². The number of rotatable bonds is 3.